The molecule has 1 aliphatic carbocycles. The molecule has 0 aromatic carbocycles. The molecule has 0 radical (unpaired) electrons. The fourth-order valence-corrected chi connectivity index (χ4v) is 6.46. The molecule has 3 rings (SSSR count). The molecular formula is C34H51F2N7O6. The van der Waals surface area contributed by atoms with Crippen LogP contribution < -0.4 is 21.3 Å². The van der Waals surface area contributed by atoms with Gasteiger partial charge in [0, 0.05) is 31.4 Å². The Kier molecular flexibility index (Phi) is 13.7. The minimum Gasteiger partial charge on any atom is -0.347 e. The molecule has 15 heteroatoms. The Hall–Kier alpha value is -4.04. The zero-order chi connectivity index (χ0) is 36.6. The predicted octanol–water partition coefficient (Wildman–Crippen LogP) is 2.40. The van der Waals surface area contributed by atoms with Crippen LogP contribution in [0.25, 0.3) is 0 Å². The molecule has 49 heavy (non-hydrogen) atoms. The molecule has 0 bridgehead atoms. The maximum Gasteiger partial charge on any atom is 0.289 e. The Morgan fingerprint density at radius 2 is 1.65 bits per heavy atom. The van der Waals surface area contributed by atoms with Gasteiger partial charge in [-0.2, -0.15) is 0 Å². The number of Topliss-reactive ketones (excluding diaryl/α,β-unsaturated/α-hetero) is 1. The van der Waals surface area contributed by atoms with Crippen LogP contribution in [0.3, 0.4) is 0 Å². The molecule has 1 aliphatic heterocycles. The van der Waals surface area contributed by atoms with Crippen LogP contribution in [0.1, 0.15) is 97.5 Å². The van der Waals surface area contributed by atoms with E-state index >= 15 is 0 Å². The van der Waals surface area contributed by atoms with Crippen molar-refractivity contribution in [2.24, 2.45) is 23.2 Å². The van der Waals surface area contributed by atoms with Crippen molar-refractivity contribution in [3.63, 3.8) is 0 Å². The van der Waals surface area contributed by atoms with Crippen molar-refractivity contribution in [3.05, 3.63) is 24.3 Å². The number of ketones is 1. The molecule has 2 aliphatic rings. The third kappa shape index (κ3) is 10.2. The fraction of sp³-hybridized carbons (Fsp3) is 0.706. The number of hydrogen-bond donors (Lipinski definition) is 4. The summed E-state index contributed by atoms with van der Waals surface area (Å²) >= 11 is 0. The highest BCUT2D eigenvalue weighted by atomic mass is 19.3. The summed E-state index contributed by atoms with van der Waals surface area (Å²) < 4.78 is 26.5. The lowest BCUT2D eigenvalue weighted by Crippen LogP contribution is -2.62. The van der Waals surface area contributed by atoms with Crippen molar-refractivity contribution < 1.29 is 37.5 Å². The van der Waals surface area contributed by atoms with Crippen molar-refractivity contribution in [2.45, 2.75) is 124 Å². The smallest absolute Gasteiger partial charge is 0.289 e. The summed E-state index contributed by atoms with van der Waals surface area (Å²) in [7, 11) is 0. The van der Waals surface area contributed by atoms with Crippen molar-refractivity contribution in [2.75, 3.05) is 6.54 Å². The van der Waals surface area contributed by atoms with E-state index in [1.54, 1.807) is 48.5 Å². The van der Waals surface area contributed by atoms with Gasteiger partial charge >= 0.3 is 0 Å². The highest BCUT2D eigenvalue weighted by Gasteiger charge is 2.52. The minimum atomic E-state index is -2.76. The van der Waals surface area contributed by atoms with Crippen molar-refractivity contribution >= 4 is 35.3 Å². The Bertz CT molecular complexity index is 1360. The van der Waals surface area contributed by atoms with Gasteiger partial charge in [0.2, 0.25) is 29.9 Å². The Morgan fingerprint density at radius 3 is 2.22 bits per heavy atom. The highest BCUT2D eigenvalue weighted by Crippen LogP contribution is 2.43. The number of carbonyl (C=O) groups excluding carboxylic acids is 6. The SMILES string of the molecule is CC[C@H](C)NC(=O)C(=O)C(CCC(F)F)NC(=O)[C@@H]1[C@H]2CCC[C@H]2CN1C(=O)C(NC(=O)C(NC(=O)c1cnccn1)C(C)C)C(C)(C)C. The zero-order valence-electron chi connectivity index (χ0n) is 29.4. The maximum absolute atomic E-state index is 14.4. The normalized spacial score (nSPS) is 21.4. The van der Waals surface area contributed by atoms with Gasteiger partial charge in [-0.15, -0.1) is 0 Å². The first-order chi connectivity index (χ1) is 23.0. The second-order valence-corrected chi connectivity index (χ2v) is 14.6. The first-order valence-electron chi connectivity index (χ1n) is 17.1. The number of hydrogen-bond acceptors (Lipinski definition) is 8. The van der Waals surface area contributed by atoms with Crippen molar-refractivity contribution in [3.8, 4) is 0 Å². The molecule has 1 saturated carbocycles. The minimum absolute atomic E-state index is 0.0181. The first-order valence-corrected chi connectivity index (χ1v) is 17.1. The van der Waals surface area contributed by atoms with Gasteiger partial charge < -0.3 is 26.2 Å². The number of amides is 5. The number of carbonyl (C=O) groups is 6. The van der Waals surface area contributed by atoms with E-state index in [9.17, 15) is 37.5 Å². The molecule has 3 unspecified atom stereocenters. The standard InChI is InChI=1S/C34H51F2N7O6/c1-8-19(4)39-32(48)27(44)22(12-13-24(35)36)40-31(47)26-21-11-9-10-20(21)17-43(26)33(49)28(34(5,6)7)42-30(46)25(18(2)3)41-29(45)23-16-37-14-15-38-23/h14-16,18-22,24-26,28H,8-13,17H2,1-7H3,(H,39,48)(H,40,47)(H,41,45)(H,42,46)/t19-,20-,21-,22?,25?,26-,28?/m0/s1. The van der Waals surface area contributed by atoms with E-state index in [2.05, 4.69) is 31.2 Å². The average Bonchev–Trinajstić information content (AvgIpc) is 3.64. The lowest BCUT2D eigenvalue weighted by molar-refractivity contribution is -0.146. The third-order valence-electron chi connectivity index (χ3n) is 9.39. The number of halogens is 2. The predicted molar refractivity (Wildman–Crippen MR) is 176 cm³/mol. The summed E-state index contributed by atoms with van der Waals surface area (Å²) in [6.45, 7) is 12.5. The Balaban J connectivity index is 1.87. The summed E-state index contributed by atoms with van der Waals surface area (Å²) in [5.74, 6) is -5.11. The molecule has 1 saturated heterocycles. The fourth-order valence-electron chi connectivity index (χ4n) is 6.46. The van der Waals surface area contributed by atoms with E-state index in [0.717, 1.165) is 12.8 Å². The summed E-state index contributed by atoms with van der Waals surface area (Å²) in [5, 5.41) is 10.6. The van der Waals surface area contributed by atoms with Crippen LogP contribution in [0, 0.1) is 23.2 Å². The molecule has 0 spiro atoms. The molecule has 4 N–H and O–H groups in total. The summed E-state index contributed by atoms with van der Waals surface area (Å²) in [4.78, 5) is 90.0. The van der Waals surface area contributed by atoms with Gasteiger partial charge in [0.25, 0.3) is 11.8 Å². The van der Waals surface area contributed by atoms with Crippen LogP contribution in [0.2, 0.25) is 0 Å². The monoisotopic (exact) mass is 691 g/mol. The van der Waals surface area contributed by atoms with E-state index in [4.69, 9.17) is 0 Å². The van der Waals surface area contributed by atoms with Crippen LogP contribution in [0.5, 0.6) is 0 Å². The van der Waals surface area contributed by atoms with E-state index in [0.29, 0.717) is 12.8 Å². The van der Waals surface area contributed by atoms with Gasteiger partial charge in [-0.25, -0.2) is 13.8 Å². The van der Waals surface area contributed by atoms with E-state index < -0.39 is 84.2 Å². The summed E-state index contributed by atoms with van der Waals surface area (Å²) in [5.41, 5.74) is -0.823. The molecule has 7 atom stereocenters. The molecule has 13 nitrogen and oxygen atoms in total. The maximum atomic E-state index is 14.4. The molecule has 5 amide bonds. The van der Waals surface area contributed by atoms with Crippen LogP contribution in [0.4, 0.5) is 8.78 Å². The van der Waals surface area contributed by atoms with Gasteiger partial charge in [-0.05, 0) is 55.8 Å². The lowest BCUT2D eigenvalue weighted by Gasteiger charge is -2.37. The van der Waals surface area contributed by atoms with Gasteiger partial charge in [-0.3, -0.25) is 33.8 Å². The number of rotatable bonds is 15. The highest BCUT2D eigenvalue weighted by molar-refractivity contribution is 6.38. The van der Waals surface area contributed by atoms with Gasteiger partial charge in [0.05, 0.1) is 12.2 Å². The molecule has 1 aromatic rings. The largest absolute Gasteiger partial charge is 0.347 e. The van der Waals surface area contributed by atoms with Crippen LogP contribution in [0.15, 0.2) is 18.6 Å². The number of nitrogens with zero attached hydrogens (tertiary/aromatic N) is 3. The van der Waals surface area contributed by atoms with E-state index in [-0.39, 0.29) is 36.0 Å². The Labute approximate surface area is 286 Å². The van der Waals surface area contributed by atoms with Gasteiger partial charge in [-0.1, -0.05) is 48.0 Å². The third-order valence-corrected chi connectivity index (χ3v) is 9.39. The van der Waals surface area contributed by atoms with Crippen LogP contribution in [-0.4, -0.2) is 93.4 Å². The van der Waals surface area contributed by atoms with Crippen LogP contribution >= 0.6 is 0 Å². The van der Waals surface area contributed by atoms with E-state index in [1.807, 2.05) is 0 Å². The van der Waals surface area contributed by atoms with Crippen LogP contribution in [-0.2, 0) is 24.0 Å². The molecule has 2 fully saturated rings. The summed E-state index contributed by atoms with van der Waals surface area (Å²) in [6.07, 6.45) is 2.86. The number of likely N-dealkylation sites (tertiary alicyclic amines) is 1. The number of alkyl halides is 2. The second kappa shape index (κ2) is 17.1. The van der Waals surface area contributed by atoms with Gasteiger partial charge in [0.15, 0.2) is 0 Å². The van der Waals surface area contributed by atoms with Crippen molar-refractivity contribution in [1.82, 2.24) is 36.1 Å². The number of fused-ring (bicyclic) bond motifs is 1. The quantitative estimate of drug-likeness (QED) is 0.203. The zero-order valence-corrected chi connectivity index (χ0v) is 29.4. The summed E-state index contributed by atoms with van der Waals surface area (Å²) in [6, 6.07) is -5.05. The second-order valence-electron chi connectivity index (χ2n) is 14.6. The first kappa shape index (κ1) is 39.4. The molecule has 2 heterocycles. The Morgan fingerprint density at radius 1 is 0.959 bits per heavy atom. The topological polar surface area (TPSA) is 180 Å². The van der Waals surface area contributed by atoms with Crippen molar-refractivity contribution in [1.29, 1.82) is 0 Å². The van der Waals surface area contributed by atoms with Gasteiger partial charge in [0.1, 0.15) is 23.8 Å². The molecular weight excluding hydrogens is 640 g/mol. The number of aromatic nitrogens is 2. The number of nitrogens with one attached hydrogen (secondary N) is 4. The molecule has 1 aromatic heterocycles. The molecule has 272 valence electrons. The van der Waals surface area contributed by atoms with E-state index in [1.165, 1.54) is 23.5 Å². The lowest BCUT2D eigenvalue weighted by atomic mass is 9.85. The average molecular weight is 692 g/mol.